The lowest BCUT2D eigenvalue weighted by molar-refractivity contribution is -0.162. The van der Waals surface area contributed by atoms with Gasteiger partial charge in [0.15, 0.2) is 11.0 Å². The van der Waals surface area contributed by atoms with E-state index in [-0.39, 0.29) is 36.5 Å². The molecule has 2 saturated heterocycles. The third-order valence-corrected chi connectivity index (χ3v) is 16.8. The van der Waals surface area contributed by atoms with Gasteiger partial charge in [0.1, 0.15) is 40.7 Å². The molecule has 3 aliphatic rings. The van der Waals surface area contributed by atoms with Gasteiger partial charge < -0.3 is 43.7 Å². The Balaban J connectivity index is 1.58. The van der Waals surface area contributed by atoms with Crippen molar-refractivity contribution < 1.29 is 70.8 Å². The molecule has 4 rings (SSSR count). The topological polar surface area (TPSA) is 248 Å². The SMILES string of the molecule is COc1cc2cc(c1Cl)N(C)C(=O)CC(OC(=O)C(C)N(C)C(=O)CCC(C)(C)SSCCC(C(=O)O)S(=O)(=O)O)C1(C)OC1C(C)C1CC(O)(NC(=O)O1)C(OC)/C=C/C=C(\C)C2. The zero-order chi connectivity index (χ0) is 48.1. The van der Waals surface area contributed by atoms with E-state index in [1.807, 2.05) is 26.8 Å². The number of hydrogen-bond donors (Lipinski definition) is 4. The number of allylic oxidation sites excluding steroid dienone is 3. The van der Waals surface area contributed by atoms with Gasteiger partial charge in [0.2, 0.25) is 11.8 Å². The minimum atomic E-state index is -4.77. The summed E-state index contributed by atoms with van der Waals surface area (Å²) in [6, 6.07) is 2.39. The van der Waals surface area contributed by atoms with E-state index in [1.165, 1.54) is 66.6 Å². The Hall–Kier alpha value is -3.57. The fourth-order valence-electron chi connectivity index (χ4n) is 7.60. The predicted octanol–water partition coefficient (Wildman–Crippen LogP) is 5.19. The Kier molecular flexibility index (Phi) is 17.7. The number of anilines is 1. The Morgan fingerprint density at radius 3 is 2.48 bits per heavy atom. The van der Waals surface area contributed by atoms with Gasteiger partial charge in [0.25, 0.3) is 10.1 Å². The van der Waals surface area contributed by atoms with Crippen LogP contribution in [0.2, 0.25) is 5.02 Å². The molecule has 3 amide bonds. The molecule has 18 nitrogen and oxygen atoms in total. The number of esters is 1. The summed E-state index contributed by atoms with van der Waals surface area (Å²) in [6.07, 6.45) is 0.374. The van der Waals surface area contributed by atoms with Crippen LogP contribution < -0.4 is 15.0 Å². The number of carbonyl (C=O) groups is 5. The van der Waals surface area contributed by atoms with Crippen LogP contribution in [0.25, 0.3) is 0 Å². The molecule has 358 valence electrons. The van der Waals surface area contributed by atoms with Crippen LogP contribution in [-0.2, 0) is 54.7 Å². The maximum Gasteiger partial charge on any atom is 0.409 e. The van der Waals surface area contributed by atoms with Gasteiger partial charge in [-0.1, -0.05) is 63.9 Å². The molecule has 9 unspecified atom stereocenters. The summed E-state index contributed by atoms with van der Waals surface area (Å²) < 4.78 is 60.8. The summed E-state index contributed by atoms with van der Waals surface area (Å²) in [4.78, 5) is 68.5. The fourth-order valence-corrected chi connectivity index (χ4v) is 11.4. The maximum atomic E-state index is 14.3. The highest BCUT2D eigenvalue weighted by Crippen LogP contribution is 2.49. The van der Waals surface area contributed by atoms with E-state index in [4.69, 9.17) is 40.4 Å². The van der Waals surface area contributed by atoms with Gasteiger partial charge in [-0.3, -0.25) is 24.3 Å². The number of halogens is 1. The Bertz CT molecular complexity index is 2100. The zero-order valence-electron chi connectivity index (χ0n) is 37.6. The van der Waals surface area contributed by atoms with E-state index in [1.54, 1.807) is 38.1 Å². The minimum absolute atomic E-state index is 0.00418. The van der Waals surface area contributed by atoms with E-state index in [0.29, 0.717) is 24.3 Å². The highest BCUT2D eigenvalue weighted by atomic mass is 35.5. The molecule has 64 heavy (non-hydrogen) atoms. The van der Waals surface area contributed by atoms with Crippen molar-refractivity contribution in [1.29, 1.82) is 0 Å². The quantitative estimate of drug-likeness (QED) is 0.0581. The first-order chi connectivity index (χ1) is 29.7. The van der Waals surface area contributed by atoms with Gasteiger partial charge in [-0.05, 0) is 71.6 Å². The second-order valence-electron chi connectivity index (χ2n) is 17.2. The first-order valence-electron chi connectivity index (χ1n) is 20.5. The Labute approximate surface area is 387 Å². The van der Waals surface area contributed by atoms with Gasteiger partial charge in [0, 0.05) is 50.5 Å². The molecule has 0 spiro atoms. The van der Waals surface area contributed by atoms with E-state index >= 15 is 0 Å². The molecule has 1 aromatic carbocycles. The number of rotatable bonds is 15. The number of nitrogens with zero attached hydrogens (tertiary/aromatic N) is 2. The molecule has 3 aliphatic heterocycles. The first-order valence-corrected chi connectivity index (χ1v) is 24.7. The lowest BCUT2D eigenvalue weighted by Crippen LogP contribution is -2.63. The number of carboxylic acid groups (broad SMARTS) is 1. The number of benzene rings is 1. The molecule has 0 aromatic heterocycles. The van der Waals surface area contributed by atoms with Crippen molar-refractivity contribution in [2.45, 2.75) is 132 Å². The monoisotopic (exact) mass is 977 g/mol. The van der Waals surface area contributed by atoms with Crippen molar-refractivity contribution in [1.82, 2.24) is 10.2 Å². The first kappa shape index (κ1) is 53.0. The van der Waals surface area contributed by atoms with Crippen LogP contribution in [0.15, 0.2) is 35.9 Å². The summed E-state index contributed by atoms with van der Waals surface area (Å²) in [5.74, 6) is -3.53. The average molecular weight is 979 g/mol. The molecule has 4 bridgehead atoms. The van der Waals surface area contributed by atoms with Gasteiger partial charge >= 0.3 is 18.0 Å². The van der Waals surface area contributed by atoms with Crippen molar-refractivity contribution in [3.63, 3.8) is 0 Å². The van der Waals surface area contributed by atoms with Crippen molar-refractivity contribution in [3.8, 4) is 5.75 Å². The third-order valence-electron chi connectivity index (χ3n) is 11.8. The molecule has 1 aromatic rings. The van der Waals surface area contributed by atoms with E-state index < -0.39 is 97.7 Å². The number of methoxy groups -OCH3 is 2. The Morgan fingerprint density at radius 2 is 1.88 bits per heavy atom. The highest BCUT2D eigenvalue weighted by Gasteiger charge is 2.64. The Morgan fingerprint density at radius 1 is 1.20 bits per heavy atom. The molecular formula is C42H60ClN3O15S3. The van der Waals surface area contributed by atoms with Gasteiger partial charge in [0.05, 0.1) is 25.3 Å². The molecule has 22 heteroatoms. The number of likely N-dealkylation sites (N-methyl/N-ethyl adjacent to an activating group) is 1. The number of hydrogen-bond acceptors (Lipinski definition) is 15. The number of carbonyl (C=O) groups excluding carboxylic acids is 4. The summed E-state index contributed by atoms with van der Waals surface area (Å²) in [5.41, 5.74) is -1.19. The maximum absolute atomic E-state index is 14.3. The molecule has 0 aliphatic carbocycles. The molecule has 0 radical (unpaired) electrons. The van der Waals surface area contributed by atoms with E-state index in [2.05, 4.69) is 5.32 Å². The summed E-state index contributed by atoms with van der Waals surface area (Å²) in [5, 5.41) is 21.7. The number of alkyl carbamates (subject to hydrolysis) is 1. The zero-order valence-corrected chi connectivity index (χ0v) is 40.8. The predicted molar refractivity (Wildman–Crippen MR) is 242 cm³/mol. The fraction of sp³-hybridized carbons (Fsp3) is 0.643. The smallest absolute Gasteiger partial charge is 0.409 e. The molecule has 9 atom stereocenters. The van der Waals surface area contributed by atoms with Crippen molar-refractivity contribution in [2.24, 2.45) is 5.92 Å². The van der Waals surface area contributed by atoms with Gasteiger partial charge in [-0.15, -0.1) is 0 Å². The van der Waals surface area contributed by atoms with E-state index in [0.717, 1.165) is 11.1 Å². The number of fused-ring (bicyclic) bond motifs is 5. The number of amides is 3. The summed E-state index contributed by atoms with van der Waals surface area (Å²) >= 11 is 6.78. The number of carboxylic acids is 1. The molecule has 3 heterocycles. The lowest BCUT2D eigenvalue weighted by atomic mass is 9.83. The van der Waals surface area contributed by atoms with E-state index in [9.17, 15) is 42.0 Å². The normalized spacial score (nSPS) is 28.9. The highest BCUT2D eigenvalue weighted by molar-refractivity contribution is 8.77. The summed E-state index contributed by atoms with van der Waals surface area (Å²) in [7, 11) is 3.61. The van der Waals surface area contributed by atoms with Crippen LogP contribution in [0.1, 0.15) is 79.2 Å². The lowest BCUT2D eigenvalue weighted by Gasteiger charge is -2.42. The van der Waals surface area contributed by atoms with Crippen LogP contribution in [0.3, 0.4) is 0 Å². The number of nitrogens with one attached hydrogen (secondary N) is 1. The molecule has 0 saturated carbocycles. The van der Waals surface area contributed by atoms with Gasteiger partial charge in [-0.2, -0.15) is 8.42 Å². The number of aliphatic hydroxyl groups is 1. The molecule has 2 fully saturated rings. The molecule has 4 N–H and O–H groups in total. The molecular weight excluding hydrogens is 918 g/mol. The van der Waals surface area contributed by atoms with Crippen molar-refractivity contribution in [3.05, 3.63) is 46.5 Å². The summed E-state index contributed by atoms with van der Waals surface area (Å²) in [6.45, 7) is 10.5. The van der Waals surface area contributed by atoms with Crippen LogP contribution in [-0.4, -0.2) is 144 Å². The van der Waals surface area contributed by atoms with Crippen molar-refractivity contribution in [2.75, 3.05) is 39.0 Å². The number of ether oxygens (including phenoxy) is 5. The minimum Gasteiger partial charge on any atom is -0.495 e. The number of aliphatic carboxylic acids is 1. The third kappa shape index (κ3) is 13.1. The second-order valence-corrected chi connectivity index (χ2v) is 22.3. The number of epoxide rings is 1. The van der Waals surface area contributed by atoms with Crippen molar-refractivity contribution >= 4 is 78.8 Å². The average Bonchev–Trinajstić information content (AvgIpc) is 3.91. The standard InChI is InChI=1S/C42H60ClN3O15S3/c1-23-12-11-13-31(58-10)42(53)22-29(59-39(52)44-42)24(2)36-41(6,61-36)32(21-34(48)46(8)27-19-26(18-23)20-28(57-9)35(27)43)60-38(51)25(3)45(7)33(47)14-16-40(4,5)63-62-17-15-30(37(49)50)64(54,55)56/h11-13,19-20,24-25,29-32,36,53H,14-18,21-22H2,1-10H3,(H,44,52)(H,49,50)(H,54,55,56)/b13-11+,23-12+. The largest absolute Gasteiger partial charge is 0.495 e. The van der Waals surface area contributed by atoms with Gasteiger partial charge in [-0.25, -0.2) is 9.59 Å². The van der Waals surface area contributed by atoms with Crippen LogP contribution in [0.5, 0.6) is 5.75 Å². The van der Waals surface area contributed by atoms with Crippen LogP contribution in [0.4, 0.5) is 10.5 Å². The van der Waals surface area contributed by atoms with Crippen LogP contribution in [0, 0.1) is 5.92 Å². The van der Waals surface area contributed by atoms with Crippen LogP contribution >= 0.6 is 33.2 Å². The second kappa shape index (κ2) is 21.4.